The van der Waals surface area contributed by atoms with Crippen LogP contribution in [0.5, 0.6) is 0 Å². The minimum atomic E-state index is -3.74. The van der Waals surface area contributed by atoms with Crippen LogP contribution < -0.4 is 0 Å². The van der Waals surface area contributed by atoms with Crippen LogP contribution in [0.15, 0.2) is 0 Å². The van der Waals surface area contributed by atoms with Crippen LogP contribution in [0, 0.1) is 0 Å². The molecule has 1 N–H and O–H groups in total. The normalized spacial score (nSPS) is 11.3. The first-order chi connectivity index (χ1) is 8.56. The van der Waals surface area contributed by atoms with Crippen LogP contribution in [0.1, 0.15) is 84.0 Å². The maximum absolute atomic E-state index is 10.5. The summed E-state index contributed by atoms with van der Waals surface area (Å²) >= 11 is 0. The van der Waals surface area contributed by atoms with E-state index in [2.05, 4.69) is 6.92 Å². The standard InChI is InChI=1S/C14H30O3S.K.H/c1-2-3-4-5-6-7-8-9-10-11-12-13-14-18(15,16)17;;/h2-14H2,1H3,(H,15,16,17);;. The van der Waals surface area contributed by atoms with Crippen molar-refractivity contribution in [3.05, 3.63) is 0 Å². The second-order valence-electron chi connectivity index (χ2n) is 5.18. The molecule has 0 heterocycles. The van der Waals surface area contributed by atoms with Crippen molar-refractivity contribution in [1.29, 1.82) is 0 Å². The molecule has 0 aromatic rings. The molecule has 0 bridgehead atoms. The third-order valence-corrected chi connectivity index (χ3v) is 4.06. The van der Waals surface area contributed by atoms with Crippen LogP contribution >= 0.6 is 0 Å². The zero-order valence-corrected chi connectivity index (χ0v) is 12.7. The van der Waals surface area contributed by atoms with Crippen molar-refractivity contribution >= 4 is 61.5 Å². The second-order valence-corrected chi connectivity index (χ2v) is 6.75. The number of hydrogen-bond donors (Lipinski definition) is 1. The average molecular weight is 319 g/mol. The predicted molar refractivity (Wildman–Crippen MR) is 84.6 cm³/mol. The van der Waals surface area contributed by atoms with E-state index in [1.54, 1.807) is 0 Å². The third kappa shape index (κ3) is 22.0. The fourth-order valence-corrected chi connectivity index (χ4v) is 2.69. The molecule has 0 aromatic heterocycles. The molecule has 0 saturated carbocycles. The van der Waals surface area contributed by atoms with Crippen LogP contribution in [0.4, 0.5) is 0 Å². The number of unbranched alkanes of at least 4 members (excludes halogenated alkanes) is 11. The van der Waals surface area contributed by atoms with Crippen molar-refractivity contribution < 1.29 is 13.0 Å². The number of hydrogen-bond acceptors (Lipinski definition) is 2. The summed E-state index contributed by atoms with van der Waals surface area (Å²) < 4.78 is 29.5. The van der Waals surface area contributed by atoms with Gasteiger partial charge in [0.05, 0.1) is 5.75 Å². The summed E-state index contributed by atoms with van der Waals surface area (Å²) in [5.41, 5.74) is 0. The van der Waals surface area contributed by atoms with Gasteiger partial charge in [0.2, 0.25) is 0 Å². The monoisotopic (exact) mass is 318 g/mol. The molecule has 0 spiro atoms. The Balaban J connectivity index is 0. The Bertz CT molecular complexity index is 266. The van der Waals surface area contributed by atoms with Gasteiger partial charge in [-0.2, -0.15) is 8.42 Å². The maximum atomic E-state index is 10.5. The van der Waals surface area contributed by atoms with E-state index in [1.165, 1.54) is 57.8 Å². The van der Waals surface area contributed by atoms with Gasteiger partial charge in [-0.25, -0.2) is 0 Å². The Morgan fingerprint density at radius 3 is 1.32 bits per heavy atom. The van der Waals surface area contributed by atoms with Crippen LogP contribution in [0.25, 0.3) is 0 Å². The van der Waals surface area contributed by atoms with Gasteiger partial charge in [-0.1, -0.05) is 77.6 Å². The molecule has 0 saturated heterocycles. The first-order valence-electron chi connectivity index (χ1n) is 7.51. The quantitative estimate of drug-likeness (QED) is 0.318. The Morgan fingerprint density at radius 2 is 1.00 bits per heavy atom. The Labute approximate surface area is 162 Å². The van der Waals surface area contributed by atoms with E-state index in [9.17, 15) is 8.42 Å². The van der Waals surface area contributed by atoms with Gasteiger partial charge in [0.1, 0.15) is 0 Å². The molecule has 0 unspecified atom stereocenters. The van der Waals surface area contributed by atoms with Crippen LogP contribution in [0.2, 0.25) is 0 Å². The van der Waals surface area contributed by atoms with Gasteiger partial charge >= 0.3 is 51.4 Å². The van der Waals surface area contributed by atoms with Gasteiger partial charge in [-0.05, 0) is 6.42 Å². The van der Waals surface area contributed by atoms with E-state index in [0.717, 1.165) is 12.8 Å². The van der Waals surface area contributed by atoms with Crippen molar-refractivity contribution in [2.45, 2.75) is 84.0 Å². The van der Waals surface area contributed by atoms with Crippen LogP contribution in [-0.2, 0) is 10.1 Å². The van der Waals surface area contributed by atoms with Gasteiger partial charge < -0.3 is 0 Å². The van der Waals surface area contributed by atoms with E-state index in [4.69, 9.17) is 4.55 Å². The van der Waals surface area contributed by atoms with E-state index in [0.29, 0.717) is 6.42 Å². The fraction of sp³-hybridized carbons (Fsp3) is 1.00. The SMILES string of the molecule is CCCCCCCCCCCCCCS(=O)(=O)O.[KH]. The molecular formula is C14H31KO3S. The summed E-state index contributed by atoms with van der Waals surface area (Å²) in [6, 6.07) is 0. The van der Waals surface area contributed by atoms with Crippen molar-refractivity contribution in [1.82, 2.24) is 0 Å². The summed E-state index contributed by atoms with van der Waals surface area (Å²) in [6.45, 7) is 2.24. The molecule has 3 nitrogen and oxygen atoms in total. The summed E-state index contributed by atoms with van der Waals surface area (Å²) in [5.74, 6) is -0.0789. The molecule has 0 radical (unpaired) electrons. The van der Waals surface area contributed by atoms with Gasteiger partial charge in [0.15, 0.2) is 0 Å². The van der Waals surface area contributed by atoms with Crippen molar-refractivity contribution in [3.63, 3.8) is 0 Å². The van der Waals surface area contributed by atoms with E-state index < -0.39 is 10.1 Å². The van der Waals surface area contributed by atoms with E-state index in [1.807, 2.05) is 0 Å². The topological polar surface area (TPSA) is 54.4 Å². The molecular weight excluding hydrogens is 287 g/mol. The van der Waals surface area contributed by atoms with Gasteiger partial charge in [-0.15, -0.1) is 0 Å². The van der Waals surface area contributed by atoms with E-state index >= 15 is 0 Å². The van der Waals surface area contributed by atoms with Gasteiger partial charge in [0.25, 0.3) is 10.1 Å². The summed E-state index contributed by atoms with van der Waals surface area (Å²) in [5, 5.41) is 0. The van der Waals surface area contributed by atoms with Crippen molar-refractivity contribution in [2.75, 3.05) is 5.75 Å². The molecule has 0 aliphatic heterocycles. The third-order valence-electron chi connectivity index (χ3n) is 3.26. The molecule has 0 aliphatic carbocycles. The second kappa shape index (κ2) is 15.9. The summed E-state index contributed by atoms with van der Waals surface area (Å²) in [4.78, 5) is 0. The minimum absolute atomic E-state index is 0. The molecule has 0 rings (SSSR count). The fourth-order valence-electron chi connectivity index (χ4n) is 2.13. The van der Waals surface area contributed by atoms with Crippen LogP contribution in [-0.4, -0.2) is 70.1 Å². The molecule has 0 aromatic carbocycles. The Kier molecular flexibility index (Phi) is 19.1. The average Bonchev–Trinajstić information content (AvgIpc) is 2.29. The molecule has 0 atom stereocenters. The van der Waals surface area contributed by atoms with Crippen LogP contribution in [0.3, 0.4) is 0 Å². The molecule has 112 valence electrons. The van der Waals surface area contributed by atoms with Crippen molar-refractivity contribution in [2.24, 2.45) is 0 Å². The first kappa shape index (κ1) is 22.8. The summed E-state index contributed by atoms with van der Waals surface area (Å²) in [7, 11) is -3.74. The number of rotatable bonds is 13. The van der Waals surface area contributed by atoms with Gasteiger partial charge in [0, 0.05) is 0 Å². The van der Waals surface area contributed by atoms with Gasteiger partial charge in [-0.3, -0.25) is 4.55 Å². The molecule has 0 aliphatic rings. The molecule has 5 heteroatoms. The zero-order valence-electron chi connectivity index (χ0n) is 11.9. The Hall–Kier alpha value is 1.55. The molecule has 0 fully saturated rings. The van der Waals surface area contributed by atoms with Crippen molar-refractivity contribution in [3.8, 4) is 0 Å². The predicted octanol–water partition coefficient (Wildman–Crippen LogP) is 3.93. The van der Waals surface area contributed by atoms with E-state index in [-0.39, 0.29) is 57.1 Å². The Morgan fingerprint density at radius 1 is 0.684 bits per heavy atom. The molecule has 0 amide bonds. The zero-order chi connectivity index (χ0) is 13.7. The molecule has 19 heavy (non-hydrogen) atoms. The first-order valence-corrected chi connectivity index (χ1v) is 9.12. The summed E-state index contributed by atoms with van der Waals surface area (Å²) in [6.07, 6.45) is 14.5.